The van der Waals surface area contributed by atoms with E-state index in [9.17, 15) is 8.78 Å². The van der Waals surface area contributed by atoms with Crippen LogP contribution in [0.4, 0.5) is 8.78 Å². The number of nitrogens with one attached hydrogen (secondary N) is 2. The molecular weight excluding hydrogens is 436 g/mol. The highest BCUT2D eigenvalue weighted by Gasteiger charge is 2.73. The van der Waals surface area contributed by atoms with Gasteiger partial charge in [-0.1, -0.05) is 22.0 Å². The van der Waals surface area contributed by atoms with Crippen LogP contribution < -0.4 is 16.4 Å². The summed E-state index contributed by atoms with van der Waals surface area (Å²) in [7, 11) is 0. The SMILES string of the molecule is NCC1(Cc2ccc(Br)cc2F)C(CN[C@H]2CCNC[C@@H]2F)C2CCC1C21CC1. The Kier molecular flexibility index (Phi) is 5.29. The van der Waals surface area contributed by atoms with E-state index in [0.717, 1.165) is 29.5 Å². The molecule has 4 fully saturated rings. The normalized spacial score (nSPS) is 39.9. The van der Waals surface area contributed by atoms with Crippen LogP contribution in [0, 0.1) is 34.4 Å². The number of rotatable bonds is 6. The largest absolute Gasteiger partial charge is 0.330 e. The van der Waals surface area contributed by atoms with Gasteiger partial charge in [0.15, 0.2) is 0 Å². The molecule has 1 aliphatic heterocycles. The minimum atomic E-state index is -0.839. The zero-order valence-electron chi connectivity index (χ0n) is 16.9. The monoisotopic (exact) mass is 467 g/mol. The first kappa shape index (κ1) is 20.3. The Hall–Kier alpha value is -0.560. The summed E-state index contributed by atoms with van der Waals surface area (Å²) in [6.07, 6.45) is 5.74. The summed E-state index contributed by atoms with van der Waals surface area (Å²) in [5.74, 6) is 1.49. The molecule has 1 saturated heterocycles. The van der Waals surface area contributed by atoms with Crippen LogP contribution >= 0.6 is 15.9 Å². The van der Waals surface area contributed by atoms with E-state index in [4.69, 9.17) is 5.73 Å². The van der Waals surface area contributed by atoms with E-state index < -0.39 is 6.17 Å². The molecule has 4 unspecified atom stereocenters. The summed E-state index contributed by atoms with van der Waals surface area (Å²) in [6, 6.07) is 5.33. The lowest BCUT2D eigenvalue weighted by atomic mass is 9.62. The van der Waals surface area contributed by atoms with E-state index in [1.165, 1.54) is 25.7 Å². The number of piperidine rings is 1. The molecule has 3 nitrogen and oxygen atoms in total. The van der Waals surface area contributed by atoms with Gasteiger partial charge in [-0.2, -0.15) is 0 Å². The van der Waals surface area contributed by atoms with Gasteiger partial charge in [0, 0.05) is 17.1 Å². The highest BCUT2D eigenvalue weighted by Crippen LogP contribution is 2.78. The van der Waals surface area contributed by atoms with Crippen molar-refractivity contribution in [2.75, 3.05) is 26.2 Å². The van der Waals surface area contributed by atoms with E-state index in [1.807, 2.05) is 12.1 Å². The van der Waals surface area contributed by atoms with Crippen LogP contribution in [0.2, 0.25) is 0 Å². The van der Waals surface area contributed by atoms with Crippen molar-refractivity contribution < 1.29 is 8.78 Å². The number of benzene rings is 1. The van der Waals surface area contributed by atoms with Crippen LogP contribution in [-0.2, 0) is 6.42 Å². The molecule has 0 amide bonds. The lowest BCUT2D eigenvalue weighted by Gasteiger charge is -2.45. The fourth-order valence-electron chi connectivity index (χ4n) is 7.48. The van der Waals surface area contributed by atoms with Crippen LogP contribution in [-0.4, -0.2) is 38.4 Å². The second kappa shape index (κ2) is 7.54. The summed E-state index contributed by atoms with van der Waals surface area (Å²) >= 11 is 3.37. The van der Waals surface area contributed by atoms with Gasteiger partial charge < -0.3 is 16.4 Å². The molecule has 3 saturated carbocycles. The van der Waals surface area contributed by atoms with E-state index in [-0.39, 0.29) is 17.3 Å². The van der Waals surface area contributed by atoms with E-state index in [2.05, 4.69) is 26.6 Å². The van der Waals surface area contributed by atoms with E-state index >= 15 is 0 Å². The van der Waals surface area contributed by atoms with Gasteiger partial charge in [-0.25, -0.2) is 8.78 Å². The Morgan fingerprint density at radius 3 is 2.76 bits per heavy atom. The number of hydrogen-bond acceptors (Lipinski definition) is 3. The molecule has 6 atom stereocenters. The van der Waals surface area contributed by atoms with Crippen molar-refractivity contribution in [1.29, 1.82) is 0 Å². The van der Waals surface area contributed by atoms with Crippen molar-refractivity contribution in [1.82, 2.24) is 10.6 Å². The molecule has 1 spiro atoms. The van der Waals surface area contributed by atoms with E-state index in [0.29, 0.717) is 42.7 Å². The Morgan fingerprint density at radius 1 is 1.24 bits per heavy atom. The van der Waals surface area contributed by atoms with Gasteiger partial charge in [-0.05, 0) is 104 Å². The van der Waals surface area contributed by atoms with Gasteiger partial charge in [-0.15, -0.1) is 0 Å². The van der Waals surface area contributed by atoms with Crippen molar-refractivity contribution in [3.05, 3.63) is 34.1 Å². The maximum Gasteiger partial charge on any atom is 0.128 e. The fraction of sp³-hybridized carbons (Fsp3) is 0.739. The van der Waals surface area contributed by atoms with Gasteiger partial charge in [0.05, 0.1) is 0 Å². The van der Waals surface area contributed by atoms with Crippen molar-refractivity contribution in [2.24, 2.45) is 34.3 Å². The third-order valence-corrected chi connectivity index (χ3v) is 9.36. The van der Waals surface area contributed by atoms with Crippen molar-refractivity contribution in [3.63, 3.8) is 0 Å². The molecule has 160 valence electrons. The summed E-state index contributed by atoms with van der Waals surface area (Å²) in [5.41, 5.74) is 7.64. The molecule has 3 aliphatic carbocycles. The average Bonchev–Trinajstić information content (AvgIpc) is 3.38. The Morgan fingerprint density at radius 2 is 2.07 bits per heavy atom. The third-order valence-electron chi connectivity index (χ3n) is 8.87. The van der Waals surface area contributed by atoms with Crippen molar-refractivity contribution in [2.45, 2.75) is 50.7 Å². The van der Waals surface area contributed by atoms with Gasteiger partial charge in [0.1, 0.15) is 12.0 Å². The number of alkyl halides is 1. The minimum Gasteiger partial charge on any atom is -0.330 e. The predicted octanol–water partition coefficient (Wildman–Crippen LogP) is 3.80. The van der Waals surface area contributed by atoms with Gasteiger partial charge in [0.25, 0.3) is 0 Å². The first-order valence-corrected chi connectivity index (χ1v) is 12.0. The predicted molar refractivity (Wildman–Crippen MR) is 115 cm³/mol. The average molecular weight is 468 g/mol. The Balaban J connectivity index is 1.42. The topological polar surface area (TPSA) is 50.1 Å². The highest BCUT2D eigenvalue weighted by molar-refractivity contribution is 9.10. The van der Waals surface area contributed by atoms with Gasteiger partial charge in [-0.3, -0.25) is 0 Å². The first-order valence-electron chi connectivity index (χ1n) is 11.2. The highest BCUT2D eigenvalue weighted by atomic mass is 79.9. The molecule has 1 aromatic rings. The summed E-state index contributed by atoms with van der Waals surface area (Å²) in [5, 5.41) is 6.72. The second-order valence-electron chi connectivity index (χ2n) is 9.95. The van der Waals surface area contributed by atoms with Gasteiger partial charge >= 0.3 is 0 Å². The third kappa shape index (κ3) is 3.20. The molecule has 5 rings (SSSR count). The molecule has 29 heavy (non-hydrogen) atoms. The molecule has 0 radical (unpaired) electrons. The van der Waals surface area contributed by atoms with Crippen molar-refractivity contribution >= 4 is 15.9 Å². The van der Waals surface area contributed by atoms with Crippen LogP contribution in [0.25, 0.3) is 0 Å². The molecule has 4 aliphatic rings. The van der Waals surface area contributed by atoms with E-state index in [1.54, 1.807) is 6.07 Å². The molecule has 4 N–H and O–H groups in total. The molecule has 6 heteroatoms. The summed E-state index contributed by atoms with van der Waals surface area (Å²) in [4.78, 5) is 0. The quantitative estimate of drug-likeness (QED) is 0.596. The maximum atomic E-state index is 14.8. The molecule has 2 bridgehead atoms. The molecule has 1 heterocycles. The molecular formula is C23H32BrF2N3. The summed E-state index contributed by atoms with van der Waals surface area (Å²) in [6.45, 7) is 2.70. The number of nitrogens with two attached hydrogens (primary N) is 1. The summed E-state index contributed by atoms with van der Waals surface area (Å²) < 4.78 is 29.9. The standard InChI is InChI=1S/C23H32BrF2N3/c24-15-2-1-14(18(25)9-15)10-23(13-27)17(11-29-20-5-8-28-12-19(20)26)16-3-4-21(23)22(16)6-7-22/h1-2,9,16-17,19-21,28-29H,3-8,10-13,27H2/t16?,17?,19-,20-,21?,23?/m0/s1. The first-order chi connectivity index (χ1) is 14.0. The van der Waals surface area contributed by atoms with Crippen molar-refractivity contribution in [3.8, 4) is 0 Å². The lowest BCUT2D eigenvalue weighted by Crippen LogP contribution is -2.53. The van der Waals surface area contributed by atoms with Gasteiger partial charge in [0.2, 0.25) is 0 Å². The van der Waals surface area contributed by atoms with Crippen LogP contribution in [0.3, 0.4) is 0 Å². The molecule has 0 aromatic heterocycles. The zero-order chi connectivity index (χ0) is 20.2. The van der Waals surface area contributed by atoms with Crippen LogP contribution in [0.5, 0.6) is 0 Å². The number of halogens is 3. The smallest absolute Gasteiger partial charge is 0.128 e. The second-order valence-corrected chi connectivity index (χ2v) is 10.9. The number of hydrogen-bond donors (Lipinski definition) is 3. The fourth-order valence-corrected chi connectivity index (χ4v) is 7.81. The zero-order valence-corrected chi connectivity index (χ0v) is 18.5. The molecule has 1 aromatic carbocycles. The Bertz CT molecular complexity index is 770. The van der Waals surface area contributed by atoms with Crippen LogP contribution in [0.1, 0.15) is 37.7 Å². The maximum absolute atomic E-state index is 14.8. The minimum absolute atomic E-state index is 0.0783. The Labute approximate surface area is 180 Å². The lowest BCUT2D eigenvalue weighted by molar-refractivity contribution is 0.0753. The van der Waals surface area contributed by atoms with Crippen LogP contribution in [0.15, 0.2) is 22.7 Å².